The highest BCUT2D eigenvalue weighted by Gasteiger charge is 2.36. The highest BCUT2D eigenvalue weighted by Crippen LogP contribution is 2.34. The fourth-order valence-corrected chi connectivity index (χ4v) is 3.74. The lowest BCUT2D eigenvalue weighted by atomic mass is 10.1. The smallest absolute Gasteiger partial charge is 0.227 e. The van der Waals surface area contributed by atoms with Gasteiger partial charge in [0.2, 0.25) is 11.8 Å². The Balaban J connectivity index is 1.45. The van der Waals surface area contributed by atoms with E-state index in [-0.39, 0.29) is 24.3 Å². The van der Waals surface area contributed by atoms with Crippen molar-refractivity contribution in [2.45, 2.75) is 19.4 Å². The minimum absolute atomic E-state index is 0.0984. The number of carbonyl (C=O) groups excluding carboxylic acids is 2. The molecule has 30 heavy (non-hydrogen) atoms. The van der Waals surface area contributed by atoms with Crippen LogP contribution in [0.3, 0.4) is 0 Å². The Morgan fingerprint density at radius 2 is 1.90 bits per heavy atom. The number of nitrogens with zero attached hydrogens (tertiary/aromatic N) is 1. The maximum Gasteiger partial charge on any atom is 0.227 e. The van der Waals surface area contributed by atoms with E-state index in [0.29, 0.717) is 29.5 Å². The average molecular weight is 408 g/mol. The molecule has 2 heterocycles. The number of furan rings is 1. The van der Waals surface area contributed by atoms with E-state index in [0.717, 1.165) is 11.0 Å². The van der Waals surface area contributed by atoms with Gasteiger partial charge in [0.15, 0.2) is 11.5 Å². The van der Waals surface area contributed by atoms with E-state index in [4.69, 9.17) is 13.9 Å². The Kier molecular flexibility index (Phi) is 5.35. The van der Waals surface area contributed by atoms with Crippen LogP contribution in [0.5, 0.6) is 11.5 Å². The number of methoxy groups -OCH3 is 2. The second-order valence-corrected chi connectivity index (χ2v) is 7.36. The molecule has 4 rings (SSSR count). The third-order valence-electron chi connectivity index (χ3n) is 5.40. The molecule has 1 fully saturated rings. The number of carbonyl (C=O) groups is 2. The molecule has 1 N–H and O–H groups in total. The molecule has 1 aliphatic heterocycles. The summed E-state index contributed by atoms with van der Waals surface area (Å²) in [5, 5.41) is 3.97. The number of ether oxygens (including phenoxy) is 2. The number of hydrogen-bond acceptors (Lipinski definition) is 5. The lowest BCUT2D eigenvalue weighted by Crippen LogP contribution is -2.34. The Hall–Kier alpha value is -3.48. The van der Waals surface area contributed by atoms with E-state index in [9.17, 15) is 9.59 Å². The predicted molar refractivity (Wildman–Crippen MR) is 113 cm³/mol. The van der Waals surface area contributed by atoms with E-state index in [1.807, 2.05) is 37.3 Å². The second kappa shape index (κ2) is 8.10. The Morgan fingerprint density at radius 3 is 2.63 bits per heavy atom. The van der Waals surface area contributed by atoms with Crippen LogP contribution in [0.4, 0.5) is 5.69 Å². The van der Waals surface area contributed by atoms with Crippen LogP contribution in [0.15, 0.2) is 52.9 Å². The number of para-hydroxylation sites is 1. The predicted octanol–water partition coefficient (Wildman–Crippen LogP) is 3.68. The number of rotatable bonds is 6. The fourth-order valence-electron chi connectivity index (χ4n) is 3.74. The zero-order valence-electron chi connectivity index (χ0n) is 17.2. The molecule has 1 saturated heterocycles. The van der Waals surface area contributed by atoms with Gasteiger partial charge in [-0.1, -0.05) is 18.2 Å². The summed E-state index contributed by atoms with van der Waals surface area (Å²) < 4.78 is 16.4. The quantitative estimate of drug-likeness (QED) is 0.673. The van der Waals surface area contributed by atoms with Crippen LogP contribution in [-0.4, -0.2) is 32.6 Å². The van der Waals surface area contributed by atoms with Crippen molar-refractivity contribution in [3.05, 3.63) is 54.3 Å². The van der Waals surface area contributed by atoms with Gasteiger partial charge in [-0.3, -0.25) is 9.59 Å². The lowest BCUT2D eigenvalue weighted by molar-refractivity contribution is -0.127. The molecule has 3 aromatic rings. The highest BCUT2D eigenvalue weighted by molar-refractivity contribution is 6.00. The van der Waals surface area contributed by atoms with Gasteiger partial charge in [0, 0.05) is 30.1 Å². The Morgan fingerprint density at radius 1 is 1.13 bits per heavy atom. The molecule has 0 spiro atoms. The third-order valence-corrected chi connectivity index (χ3v) is 5.40. The van der Waals surface area contributed by atoms with Gasteiger partial charge in [0.1, 0.15) is 11.3 Å². The van der Waals surface area contributed by atoms with Gasteiger partial charge >= 0.3 is 0 Å². The maximum absolute atomic E-state index is 12.8. The normalized spacial score (nSPS) is 17.2. The molecule has 0 saturated carbocycles. The minimum Gasteiger partial charge on any atom is -0.493 e. The van der Waals surface area contributed by atoms with E-state index in [2.05, 4.69) is 5.32 Å². The average Bonchev–Trinajstić information content (AvgIpc) is 3.37. The third kappa shape index (κ3) is 3.70. The summed E-state index contributed by atoms with van der Waals surface area (Å²) in [6.07, 6.45) is 0.160. The molecule has 2 aromatic carbocycles. The van der Waals surface area contributed by atoms with Crippen molar-refractivity contribution in [3.8, 4) is 11.5 Å². The number of anilines is 1. The van der Waals surface area contributed by atoms with Crippen LogP contribution < -0.4 is 19.7 Å². The summed E-state index contributed by atoms with van der Waals surface area (Å²) >= 11 is 0. The van der Waals surface area contributed by atoms with Crippen molar-refractivity contribution in [2.24, 2.45) is 5.92 Å². The largest absolute Gasteiger partial charge is 0.493 e. The first-order valence-corrected chi connectivity index (χ1v) is 9.81. The molecule has 2 unspecified atom stereocenters. The molecular weight excluding hydrogens is 384 g/mol. The lowest BCUT2D eigenvalue weighted by Gasteiger charge is -2.19. The van der Waals surface area contributed by atoms with E-state index in [1.54, 1.807) is 37.3 Å². The zero-order valence-corrected chi connectivity index (χ0v) is 17.2. The fraction of sp³-hybridized carbons (Fsp3) is 0.304. The van der Waals surface area contributed by atoms with Crippen LogP contribution in [0.25, 0.3) is 11.0 Å². The first-order valence-electron chi connectivity index (χ1n) is 9.81. The molecule has 1 aromatic heterocycles. The van der Waals surface area contributed by atoms with Gasteiger partial charge in [-0.25, -0.2) is 0 Å². The van der Waals surface area contributed by atoms with E-state index < -0.39 is 5.92 Å². The summed E-state index contributed by atoms with van der Waals surface area (Å²) in [5.41, 5.74) is 1.46. The number of hydrogen-bond donors (Lipinski definition) is 1. The van der Waals surface area contributed by atoms with Crippen LogP contribution in [0, 0.1) is 5.92 Å². The molecule has 0 bridgehead atoms. The number of fused-ring (bicyclic) bond motifs is 1. The van der Waals surface area contributed by atoms with Crippen LogP contribution >= 0.6 is 0 Å². The van der Waals surface area contributed by atoms with Crippen molar-refractivity contribution in [3.63, 3.8) is 0 Å². The molecular formula is C23H24N2O5. The first kappa shape index (κ1) is 19.8. The topological polar surface area (TPSA) is 81.0 Å². The molecule has 0 radical (unpaired) electrons. The van der Waals surface area contributed by atoms with Gasteiger partial charge < -0.3 is 24.1 Å². The Labute approximate surface area is 174 Å². The van der Waals surface area contributed by atoms with Gasteiger partial charge in [0.25, 0.3) is 0 Å². The van der Waals surface area contributed by atoms with Gasteiger partial charge in [-0.15, -0.1) is 0 Å². The van der Waals surface area contributed by atoms with Gasteiger partial charge in [-0.2, -0.15) is 0 Å². The van der Waals surface area contributed by atoms with Crippen molar-refractivity contribution in [1.82, 2.24) is 5.32 Å². The Bertz CT molecular complexity index is 1060. The summed E-state index contributed by atoms with van der Waals surface area (Å²) in [6.45, 7) is 2.19. The summed E-state index contributed by atoms with van der Waals surface area (Å²) in [4.78, 5) is 27.0. The summed E-state index contributed by atoms with van der Waals surface area (Å²) in [6, 6.07) is 14.6. The van der Waals surface area contributed by atoms with Crippen LogP contribution in [0.1, 0.15) is 25.1 Å². The molecule has 2 amide bonds. The molecule has 0 aliphatic carbocycles. The summed E-state index contributed by atoms with van der Waals surface area (Å²) in [5.74, 6) is 1.11. The first-order chi connectivity index (χ1) is 14.5. The van der Waals surface area contributed by atoms with Crippen molar-refractivity contribution >= 4 is 28.5 Å². The minimum atomic E-state index is -0.433. The highest BCUT2D eigenvalue weighted by atomic mass is 16.5. The maximum atomic E-state index is 12.8. The standard InChI is InChI=1S/C23H24N2O5/c1-14(20-10-15-6-4-5-7-18(15)30-20)24-23(27)16-11-22(26)25(13-16)17-8-9-19(28-2)21(12-17)29-3/h4-10,12,14,16H,11,13H2,1-3H3,(H,24,27). The van der Waals surface area contributed by atoms with Gasteiger partial charge in [0.05, 0.1) is 26.2 Å². The molecule has 1 aliphatic rings. The molecule has 7 nitrogen and oxygen atoms in total. The number of amides is 2. The van der Waals surface area contributed by atoms with E-state index in [1.165, 1.54) is 0 Å². The number of benzene rings is 2. The van der Waals surface area contributed by atoms with Crippen molar-refractivity contribution < 1.29 is 23.5 Å². The molecule has 156 valence electrons. The number of nitrogens with one attached hydrogen (secondary N) is 1. The van der Waals surface area contributed by atoms with Crippen molar-refractivity contribution in [1.29, 1.82) is 0 Å². The monoisotopic (exact) mass is 408 g/mol. The van der Waals surface area contributed by atoms with Crippen molar-refractivity contribution in [2.75, 3.05) is 25.7 Å². The molecule has 2 atom stereocenters. The SMILES string of the molecule is COc1ccc(N2CC(C(=O)NC(C)c3cc4ccccc4o3)CC2=O)cc1OC. The summed E-state index contributed by atoms with van der Waals surface area (Å²) in [7, 11) is 3.10. The van der Waals surface area contributed by atoms with Crippen LogP contribution in [0.2, 0.25) is 0 Å². The van der Waals surface area contributed by atoms with E-state index >= 15 is 0 Å². The molecule has 7 heteroatoms. The second-order valence-electron chi connectivity index (χ2n) is 7.36. The zero-order chi connectivity index (χ0) is 21.3. The van der Waals surface area contributed by atoms with Gasteiger partial charge in [-0.05, 0) is 31.2 Å². The van der Waals surface area contributed by atoms with Crippen LogP contribution in [-0.2, 0) is 9.59 Å².